The highest BCUT2D eigenvalue weighted by molar-refractivity contribution is 5.75. The minimum atomic E-state index is 0.974. The van der Waals surface area contributed by atoms with Crippen LogP contribution in [0.3, 0.4) is 0 Å². The standard InChI is InChI=1S/C12H14O/c1-8-4-5-10-6-7-11(13-3)9(2)12(8)10/h6-7H,1,4-5H2,2-3H3. The molecule has 0 bridgehead atoms. The molecule has 0 aromatic heterocycles. The SMILES string of the molecule is C=C1CCc2ccc(OC)c(C)c21. The van der Waals surface area contributed by atoms with Gasteiger partial charge in [-0.3, -0.25) is 0 Å². The number of allylic oxidation sites excluding steroid dienone is 1. The Morgan fingerprint density at radius 3 is 2.77 bits per heavy atom. The number of ether oxygens (including phenoxy) is 1. The Hall–Kier alpha value is -1.24. The quantitative estimate of drug-likeness (QED) is 0.636. The molecule has 1 aromatic rings. The van der Waals surface area contributed by atoms with Crippen LogP contribution in [-0.4, -0.2) is 7.11 Å². The molecule has 0 saturated carbocycles. The summed E-state index contributed by atoms with van der Waals surface area (Å²) >= 11 is 0. The van der Waals surface area contributed by atoms with E-state index < -0.39 is 0 Å². The number of benzene rings is 1. The number of hydrogen-bond acceptors (Lipinski definition) is 1. The van der Waals surface area contributed by atoms with E-state index in [0.717, 1.165) is 18.6 Å². The highest BCUT2D eigenvalue weighted by atomic mass is 16.5. The molecule has 1 heteroatoms. The van der Waals surface area contributed by atoms with E-state index in [0.29, 0.717) is 0 Å². The van der Waals surface area contributed by atoms with Gasteiger partial charge in [0, 0.05) is 0 Å². The Morgan fingerprint density at radius 1 is 1.31 bits per heavy atom. The highest BCUT2D eigenvalue weighted by Gasteiger charge is 2.18. The summed E-state index contributed by atoms with van der Waals surface area (Å²) in [6.45, 7) is 6.18. The third-order valence-corrected chi connectivity index (χ3v) is 2.77. The zero-order chi connectivity index (χ0) is 9.42. The Labute approximate surface area is 79.0 Å². The molecule has 2 rings (SSSR count). The van der Waals surface area contributed by atoms with Crippen LogP contribution >= 0.6 is 0 Å². The van der Waals surface area contributed by atoms with Gasteiger partial charge in [0.25, 0.3) is 0 Å². The first-order chi connectivity index (χ1) is 6.24. The van der Waals surface area contributed by atoms with Crippen molar-refractivity contribution in [3.05, 3.63) is 35.4 Å². The van der Waals surface area contributed by atoms with E-state index in [1.807, 2.05) is 6.07 Å². The second kappa shape index (κ2) is 2.91. The first-order valence-corrected chi connectivity index (χ1v) is 4.58. The van der Waals surface area contributed by atoms with Gasteiger partial charge in [-0.1, -0.05) is 12.6 Å². The lowest BCUT2D eigenvalue weighted by Gasteiger charge is -2.09. The van der Waals surface area contributed by atoms with E-state index in [2.05, 4.69) is 19.6 Å². The van der Waals surface area contributed by atoms with Crippen molar-refractivity contribution < 1.29 is 4.74 Å². The van der Waals surface area contributed by atoms with Gasteiger partial charge < -0.3 is 4.74 Å². The summed E-state index contributed by atoms with van der Waals surface area (Å²) < 4.78 is 5.28. The van der Waals surface area contributed by atoms with Crippen LogP contribution in [0.4, 0.5) is 0 Å². The predicted octanol–water partition coefficient (Wildman–Crippen LogP) is 2.96. The monoisotopic (exact) mass is 174 g/mol. The van der Waals surface area contributed by atoms with Crippen LogP contribution < -0.4 is 4.74 Å². The van der Waals surface area contributed by atoms with Crippen molar-refractivity contribution in [2.24, 2.45) is 0 Å². The maximum Gasteiger partial charge on any atom is 0.122 e. The first kappa shape index (κ1) is 8.36. The third-order valence-electron chi connectivity index (χ3n) is 2.77. The van der Waals surface area contributed by atoms with Gasteiger partial charge in [-0.2, -0.15) is 0 Å². The largest absolute Gasteiger partial charge is 0.496 e. The van der Waals surface area contributed by atoms with Gasteiger partial charge in [-0.25, -0.2) is 0 Å². The Kier molecular flexibility index (Phi) is 1.87. The molecule has 13 heavy (non-hydrogen) atoms. The summed E-state index contributed by atoms with van der Waals surface area (Å²) in [5.74, 6) is 0.974. The summed E-state index contributed by atoms with van der Waals surface area (Å²) in [5, 5.41) is 0. The van der Waals surface area contributed by atoms with E-state index in [-0.39, 0.29) is 0 Å². The number of hydrogen-bond donors (Lipinski definition) is 0. The summed E-state index contributed by atoms with van der Waals surface area (Å²) in [5.41, 5.74) is 5.25. The minimum absolute atomic E-state index is 0.974. The Balaban J connectivity index is 2.63. The molecule has 0 N–H and O–H groups in total. The minimum Gasteiger partial charge on any atom is -0.496 e. The fourth-order valence-electron chi connectivity index (χ4n) is 2.08. The molecule has 0 spiro atoms. The van der Waals surface area contributed by atoms with Gasteiger partial charge in [-0.15, -0.1) is 0 Å². The molecule has 0 fully saturated rings. The van der Waals surface area contributed by atoms with E-state index in [1.165, 1.54) is 22.3 Å². The van der Waals surface area contributed by atoms with Crippen molar-refractivity contribution in [2.45, 2.75) is 19.8 Å². The van der Waals surface area contributed by atoms with Gasteiger partial charge in [0.1, 0.15) is 5.75 Å². The smallest absolute Gasteiger partial charge is 0.122 e. The van der Waals surface area contributed by atoms with Crippen LogP contribution in [-0.2, 0) is 6.42 Å². The van der Waals surface area contributed by atoms with Crippen LogP contribution in [0.25, 0.3) is 5.57 Å². The molecule has 0 saturated heterocycles. The highest BCUT2D eigenvalue weighted by Crippen LogP contribution is 2.37. The van der Waals surface area contributed by atoms with Crippen molar-refractivity contribution in [1.29, 1.82) is 0 Å². The molecule has 1 nitrogen and oxygen atoms in total. The molecular formula is C12H14O. The van der Waals surface area contributed by atoms with Crippen molar-refractivity contribution in [3.63, 3.8) is 0 Å². The molecular weight excluding hydrogens is 160 g/mol. The topological polar surface area (TPSA) is 9.23 Å². The summed E-state index contributed by atoms with van der Waals surface area (Å²) in [4.78, 5) is 0. The fourth-order valence-corrected chi connectivity index (χ4v) is 2.08. The molecule has 0 amide bonds. The molecule has 0 radical (unpaired) electrons. The van der Waals surface area contributed by atoms with Crippen molar-refractivity contribution in [1.82, 2.24) is 0 Å². The van der Waals surface area contributed by atoms with Crippen molar-refractivity contribution in [2.75, 3.05) is 7.11 Å². The second-order valence-corrected chi connectivity index (χ2v) is 3.53. The van der Waals surface area contributed by atoms with Gasteiger partial charge in [-0.05, 0) is 48.1 Å². The summed E-state index contributed by atoms with van der Waals surface area (Å²) in [7, 11) is 1.71. The lowest BCUT2D eigenvalue weighted by atomic mass is 10.0. The maximum absolute atomic E-state index is 5.28. The Bertz CT molecular complexity index is 364. The zero-order valence-electron chi connectivity index (χ0n) is 8.18. The molecule has 1 aliphatic carbocycles. The maximum atomic E-state index is 5.28. The van der Waals surface area contributed by atoms with Crippen molar-refractivity contribution >= 4 is 5.57 Å². The third kappa shape index (κ3) is 1.15. The van der Waals surface area contributed by atoms with Crippen molar-refractivity contribution in [3.8, 4) is 5.75 Å². The van der Waals surface area contributed by atoms with E-state index in [4.69, 9.17) is 4.74 Å². The summed E-state index contributed by atoms with van der Waals surface area (Å²) in [6.07, 6.45) is 2.24. The van der Waals surface area contributed by atoms with Crippen LogP contribution in [0, 0.1) is 6.92 Å². The van der Waals surface area contributed by atoms with Crippen LogP contribution in [0.1, 0.15) is 23.1 Å². The molecule has 1 aromatic carbocycles. The van der Waals surface area contributed by atoms with E-state index >= 15 is 0 Å². The fraction of sp³-hybridized carbons (Fsp3) is 0.333. The lowest BCUT2D eigenvalue weighted by Crippen LogP contribution is -1.92. The Morgan fingerprint density at radius 2 is 2.08 bits per heavy atom. The first-order valence-electron chi connectivity index (χ1n) is 4.58. The predicted molar refractivity (Wildman–Crippen MR) is 55.1 cm³/mol. The normalized spacial score (nSPS) is 14.5. The molecule has 0 aliphatic heterocycles. The van der Waals surface area contributed by atoms with Crippen LogP contribution in [0.5, 0.6) is 5.75 Å². The number of aryl methyl sites for hydroxylation is 1. The zero-order valence-corrected chi connectivity index (χ0v) is 8.18. The summed E-state index contributed by atoms with van der Waals surface area (Å²) in [6, 6.07) is 4.20. The van der Waals surface area contributed by atoms with Crippen LogP contribution in [0.2, 0.25) is 0 Å². The van der Waals surface area contributed by atoms with E-state index in [1.54, 1.807) is 7.11 Å². The number of fused-ring (bicyclic) bond motifs is 1. The molecule has 0 atom stereocenters. The molecule has 1 aliphatic rings. The average molecular weight is 174 g/mol. The van der Waals surface area contributed by atoms with Gasteiger partial charge >= 0.3 is 0 Å². The van der Waals surface area contributed by atoms with Gasteiger partial charge in [0.05, 0.1) is 7.11 Å². The second-order valence-electron chi connectivity index (χ2n) is 3.53. The number of methoxy groups -OCH3 is 1. The van der Waals surface area contributed by atoms with Crippen LogP contribution in [0.15, 0.2) is 18.7 Å². The molecule has 0 heterocycles. The molecule has 68 valence electrons. The van der Waals surface area contributed by atoms with E-state index in [9.17, 15) is 0 Å². The average Bonchev–Trinajstić information content (AvgIpc) is 2.49. The molecule has 0 unspecified atom stereocenters. The van der Waals surface area contributed by atoms with Gasteiger partial charge in [0.2, 0.25) is 0 Å². The number of rotatable bonds is 1. The lowest BCUT2D eigenvalue weighted by molar-refractivity contribution is 0.411. The van der Waals surface area contributed by atoms with Gasteiger partial charge in [0.15, 0.2) is 0 Å².